The van der Waals surface area contributed by atoms with Crippen molar-refractivity contribution in [1.29, 1.82) is 0 Å². The van der Waals surface area contributed by atoms with Crippen LogP contribution in [-0.2, 0) is 11.3 Å². The molecule has 0 bridgehead atoms. The predicted molar refractivity (Wildman–Crippen MR) is 80.7 cm³/mol. The summed E-state index contributed by atoms with van der Waals surface area (Å²) in [5.41, 5.74) is 2.09. The Morgan fingerprint density at radius 3 is 2.64 bits per heavy atom. The normalized spacial score (nSPS) is 12.2. The first kappa shape index (κ1) is 14.2. The highest BCUT2D eigenvalue weighted by Crippen LogP contribution is 2.25. The summed E-state index contributed by atoms with van der Waals surface area (Å²) < 4.78 is 21.8. The Balaban J connectivity index is 2.06. The van der Waals surface area contributed by atoms with Gasteiger partial charge in [-0.15, -0.1) is 0 Å². The summed E-state index contributed by atoms with van der Waals surface area (Å²) in [5.74, 6) is -1.07. The molecule has 1 aromatic carbocycles. The van der Waals surface area contributed by atoms with Crippen LogP contribution in [0.5, 0.6) is 0 Å². The van der Waals surface area contributed by atoms with Crippen LogP contribution in [0.4, 0.5) is 5.69 Å². The number of pyridine rings is 1. The number of aromatic nitrogens is 3. The Labute approximate surface area is 126 Å². The minimum atomic E-state index is -2.15. The lowest BCUT2D eigenvalue weighted by Gasteiger charge is -2.05. The topological polar surface area (TPSA) is 128 Å². The van der Waals surface area contributed by atoms with E-state index in [-0.39, 0.29) is 5.56 Å². The van der Waals surface area contributed by atoms with E-state index < -0.39 is 17.2 Å². The standard InChI is InChI=1S/C13H10N4O4S/c18-13(19)9-5-11(15-12-10(9)6-14-16-12)7-1-3-8(4-2-7)17-22(20)21/h1-6,17H,(H,18,19)(H,20,21)(H,14,15,16). The van der Waals surface area contributed by atoms with Gasteiger partial charge in [0.15, 0.2) is 5.65 Å². The minimum absolute atomic E-state index is 0.104. The second-order valence-electron chi connectivity index (χ2n) is 4.42. The zero-order chi connectivity index (χ0) is 15.7. The third-order valence-corrected chi connectivity index (χ3v) is 3.45. The van der Waals surface area contributed by atoms with Crippen LogP contribution >= 0.6 is 0 Å². The lowest BCUT2D eigenvalue weighted by Crippen LogP contribution is -2.01. The van der Waals surface area contributed by atoms with Crippen LogP contribution in [0.25, 0.3) is 22.3 Å². The summed E-state index contributed by atoms with van der Waals surface area (Å²) >= 11 is -2.15. The number of nitrogens with zero attached hydrogens (tertiary/aromatic N) is 2. The number of anilines is 1. The van der Waals surface area contributed by atoms with Crippen molar-refractivity contribution in [2.45, 2.75) is 0 Å². The molecule has 8 nitrogen and oxygen atoms in total. The fourth-order valence-corrected chi connectivity index (χ4v) is 2.40. The van der Waals surface area contributed by atoms with E-state index in [0.29, 0.717) is 28.0 Å². The molecule has 3 rings (SSSR count). The van der Waals surface area contributed by atoms with Gasteiger partial charge in [-0.1, -0.05) is 12.1 Å². The fraction of sp³-hybridized carbons (Fsp3) is 0. The summed E-state index contributed by atoms with van der Waals surface area (Å²) in [6.45, 7) is 0. The Hall–Kier alpha value is -2.78. The van der Waals surface area contributed by atoms with Crippen molar-refractivity contribution in [3.63, 3.8) is 0 Å². The molecule has 2 heterocycles. The zero-order valence-electron chi connectivity index (χ0n) is 11.0. The van der Waals surface area contributed by atoms with Gasteiger partial charge in [-0.05, 0) is 18.2 Å². The van der Waals surface area contributed by atoms with Gasteiger partial charge in [0.25, 0.3) is 11.3 Å². The van der Waals surface area contributed by atoms with Crippen molar-refractivity contribution >= 4 is 34.0 Å². The van der Waals surface area contributed by atoms with Crippen molar-refractivity contribution in [2.24, 2.45) is 0 Å². The minimum Gasteiger partial charge on any atom is -0.478 e. The number of aromatic amines is 1. The third-order valence-electron chi connectivity index (χ3n) is 3.04. The van der Waals surface area contributed by atoms with E-state index in [1.54, 1.807) is 24.3 Å². The van der Waals surface area contributed by atoms with Crippen LogP contribution < -0.4 is 4.72 Å². The first-order valence-electron chi connectivity index (χ1n) is 6.10. The Morgan fingerprint density at radius 1 is 1.27 bits per heavy atom. The molecule has 0 saturated heterocycles. The second-order valence-corrected chi connectivity index (χ2v) is 5.12. The molecule has 0 radical (unpaired) electrons. The molecular formula is C13H10N4O4S. The molecule has 9 heteroatoms. The molecule has 0 saturated carbocycles. The number of fused-ring (bicyclic) bond motifs is 1. The lowest BCUT2D eigenvalue weighted by molar-refractivity contribution is 0.0699. The smallest absolute Gasteiger partial charge is 0.336 e. The average Bonchev–Trinajstić information content (AvgIpc) is 2.94. The average molecular weight is 318 g/mol. The first-order chi connectivity index (χ1) is 10.5. The van der Waals surface area contributed by atoms with Gasteiger partial charge < -0.3 is 5.11 Å². The Bertz CT molecular complexity index is 875. The Kier molecular flexibility index (Phi) is 3.57. The lowest BCUT2D eigenvalue weighted by atomic mass is 10.1. The quantitative estimate of drug-likeness (QED) is 0.544. The van der Waals surface area contributed by atoms with Crippen molar-refractivity contribution in [1.82, 2.24) is 15.2 Å². The van der Waals surface area contributed by atoms with Crippen LogP contribution in [0.2, 0.25) is 0 Å². The fourth-order valence-electron chi connectivity index (χ4n) is 2.06. The molecule has 0 aliphatic carbocycles. The highest BCUT2D eigenvalue weighted by Gasteiger charge is 2.14. The number of carboxylic acid groups (broad SMARTS) is 1. The molecule has 22 heavy (non-hydrogen) atoms. The molecule has 0 fully saturated rings. The number of carboxylic acids is 1. The van der Waals surface area contributed by atoms with E-state index in [2.05, 4.69) is 19.9 Å². The molecule has 0 aliphatic heterocycles. The number of carbonyl (C=O) groups is 1. The molecule has 112 valence electrons. The largest absolute Gasteiger partial charge is 0.478 e. The van der Waals surface area contributed by atoms with Crippen molar-refractivity contribution < 1.29 is 18.7 Å². The van der Waals surface area contributed by atoms with Crippen LogP contribution in [0.15, 0.2) is 36.5 Å². The van der Waals surface area contributed by atoms with Crippen molar-refractivity contribution in [2.75, 3.05) is 4.72 Å². The maximum Gasteiger partial charge on any atom is 0.336 e. The van der Waals surface area contributed by atoms with Gasteiger partial charge >= 0.3 is 5.97 Å². The number of nitrogens with one attached hydrogen (secondary N) is 2. The summed E-state index contributed by atoms with van der Waals surface area (Å²) in [5, 5.41) is 16.2. The second kappa shape index (κ2) is 5.54. The molecule has 1 atom stereocenters. The van der Waals surface area contributed by atoms with E-state index in [9.17, 15) is 14.1 Å². The molecule has 4 N–H and O–H groups in total. The monoisotopic (exact) mass is 318 g/mol. The number of rotatable bonds is 4. The number of hydrogen-bond acceptors (Lipinski definition) is 4. The van der Waals surface area contributed by atoms with E-state index >= 15 is 0 Å². The van der Waals surface area contributed by atoms with Crippen LogP contribution in [0.3, 0.4) is 0 Å². The predicted octanol–water partition coefficient (Wildman–Crippen LogP) is 1.87. The SMILES string of the molecule is O=C(O)c1cc(-c2ccc(NS(=O)O)cc2)nc2[nH]ncc12. The highest BCUT2D eigenvalue weighted by atomic mass is 32.2. The van der Waals surface area contributed by atoms with Gasteiger partial charge in [-0.2, -0.15) is 5.10 Å². The molecule has 0 amide bonds. The highest BCUT2D eigenvalue weighted by molar-refractivity contribution is 7.80. The molecule has 3 aromatic rings. The van der Waals surface area contributed by atoms with Gasteiger partial charge in [0.2, 0.25) is 0 Å². The summed E-state index contributed by atoms with van der Waals surface area (Å²) in [6, 6.07) is 8.01. The molecule has 2 aromatic heterocycles. The van der Waals surface area contributed by atoms with E-state index in [1.165, 1.54) is 12.3 Å². The van der Waals surface area contributed by atoms with E-state index in [0.717, 1.165) is 0 Å². The summed E-state index contributed by atoms with van der Waals surface area (Å²) in [7, 11) is 0. The first-order valence-corrected chi connectivity index (χ1v) is 7.20. The molecule has 0 spiro atoms. The zero-order valence-corrected chi connectivity index (χ0v) is 11.8. The van der Waals surface area contributed by atoms with E-state index in [1.807, 2.05) is 0 Å². The molecule has 1 unspecified atom stereocenters. The van der Waals surface area contributed by atoms with Gasteiger partial charge in [0.1, 0.15) is 0 Å². The Morgan fingerprint density at radius 2 is 2.00 bits per heavy atom. The summed E-state index contributed by atoms with van der Waals surface area (Å²) in [6.07, 6.45) is 1.42. The van der Waals surface area contributed by atoms with Crippen LogP contribution in [0, 0.1) is 0 Å². The number of hydrogen-bond donors (Lipinski definition) is 4. The number of H-pyrrole nitrogens is 1. The van der Waals surface area contributed by atoms with Crippen molar-refractivity contribution in [3.05, 3.63) is 42.1 Å². The van der Waals surface area contributed by atoms with E-state index in [4.69, 9.17) is 4.55 Å². The van der Waals surface area contributed by atoms with Crippen molar-refractivity contribution in [3.8, 4) is 11.3 Å². The van der Waals surface area contributed by atoms with Gasteiger partial charge in [0.05, 0.1) is 22.8 Å². The maximum absolute atomic E-state index is 11.3. The summed E-state index contributed by atoms with van der Waals surface area (Å²) in [4.78, 5) is 15.7. The number of benzene rings is 1. The van der Waals surface area contributed by atoms with Crippen LogP contribution in [0.1, 0.15) is 10.4 Å². The van der Waals surface area contributed by atoms with Gasteiger partial charge in [0, 0.05) is 11.3 Å². The molecular weight excluding hydrogens is 308 g/mol. The molecule has 0 aliphatic rings. The van der Waals surface area contributed by atoms with Crippen LogP contribution in [-0.4, -0.2) is 35.0 Å². The van der Waals surface area contributed by atoms with Gasteiger partial charge in [-0.3, -0.25) is 14.4 Å². The maximum atomic E-state index is 11.3. The third kappa shape index (κ3) is 2.67. The van der Waals surface area contributed by atoms with Gasteiger partial charge in [-0.25, -0.2) is 14.0 Å². The number of aromatic carboxylic acids is 1.